The second kappa shape index (κ2) is 7.01. The summed E-state index contributed by atoms with van der Waals surface area (Å²) in [5.41, 5.74) is 1.54. The third-order valence-corrected chi connectivity index (χ3v) is 3.84. The molecule has 2 aromatic rings. The third kappa shape index (κ3) is 3.75. The molecule has 2 aromatic carbocycles. The van der Waals surface area contributed by atoms with E-state index in [2.05, 4.69) is 5.32 Å². The van der Waals surface area contributed by atoms with Crippen molar-refractivity contribution in [2.24, 2.45) is 0 Å². The highest BCUT2D eigenvalue weighted by molar-refractivity contribution is 5.99. The van der Waals surface area contributed by atoms with Gasteiger partial charge < -0.3 is 10.2 Å². The Balaban J connectivity index is 1.61. The van der Waals surface area contributed by atoms with E-state index < -0.39 is 0 Å². The molecule has 1 aliphatic heterocycles. The van der Waals surface area contributed by atoms with Crippen LogP contribution in [0, 0.1) is 17.1 Å². The fraction of sp³-hybridized carbons (Fsp3) is 0.167. The summed E-state index contributed by atoms with van der Waals surface area (Å²) in [6, 6.07) is 13.9. The molecule has 6 nitrogen and oxygen atoms in total. The number of nitrogens with zero attached hydrogens (tertiary/aromatic N) is 3. The van der Waals surface area contributed by atoms with Crippen LogP contribution < -0.4 is 10.2 Å². The van der Waals surface area contributed by atoms with Crippen molar-refractivity contribution in [1.29, 1.82) is 5.26 Å². The molecular formula is C18H15FN4O2. The molecule has 0 spiro atoms. The molecule has 3 amide bonds. The second-order valence-electron chi connectivity index (χ2n) is 5.57. The Morgan fingerprint density at radius 3 is 2.68 bits per heavy atom. The summed E-state index contributed by atoms with van der Waals surface area (Å²) in [6.07, 6.45) is 0. The molecule has 0 radical (unpaired) electrons. The Hall–Kier alpha value is -3.40. The fourth-order valence-corrected chi connectivity index (χ4v) is 2.63. The van der Waals surface area contributed by atoms with E-state index >= 15 is 0 Å². The molecule has 3 rings (SSSR count). The highest BCUT2D eigenvalue weighted by atomic mass is 19.1. The lowest BCUT2D eigenvalue weighted by Gasteiger charge is -2.18. The molecule has 0 aliphatic carbocycles. The monoisotopic (exact) mass is 338 g/mol. The summed E-state index contributed by atoms with van der Waals surface area (Å²) < 4.78 is 13.0. The first kappa shape index (κ1) is 16.5. The van der Waals surface area contributed by atoms with Gasteiger partial charge in [-0.25, -0.2) is 9.18 Å². The molecule has 1 saturated heterocycles. The number of halogens is 1. The maximum Gasteiger partial charge on any atom is 0.325 e. The molecule has 1 N–H and O–H groups in total. The zero-order valence-electron chi connectivity index (χ0n) is 13.3. The molecule has 0 aromatic heterocycles. The summed E-state index contributed by atoms with van der Waals surface area (Å²) in [4.78, 5) is 27.5. The smallest absolute Gasteiger partial charge is 0.325 e. The highest BCUT2D eigenvalue weighted by Crippen LogP contribution is 2.20. The maximum absolute atomic E-state index is 13.0. The lowest BCUT2D eigenvalue weighted by atomic mass is 10.2. The van der Waals surface area contributed by atoms with Crippen LogP contribution in [-0.4, -0.2) is 36.5 Å². The number of urea groups is 1. The van der Waals surface area contributed by atoms with Crippen molar-refractivity contribution in [3.8, 4) is 6.07 Å². The first-order chi connectivity index (χ1) is 12.1. The Morgan fingerprint density at radius 2 is 1.96 bits per heavy atom. The average Bonchev–Trinajstić information content (AvgIpc) is 2.96. The number of anilines is 2. The van der Waals surface area contributed by atoms with Gasteiger partial charge in [0.1, 0.15) is 12.4 Å². The molecule has 7 heteroatoms. The quantitative estimate of drug-likeness (QED) is 0.931. The Morgan fingerprint density at radius 1 is 1.20 bits per heavy atom. The molecular weight excluding hydrogens is 323 g/mol. The fourth-order valence-electron chi connectivity index (χ4n) is 2.63. The molecule has 126 valence electrons. The number of nitrogens with one attached hydrogen (secondary N) is 1. The predicted molar refractivity (Wildman–Crippen MR) is 90.5 cm³/mol. The van der Waals surface area contributed by atoms with Crippen molar-refractivity contribution < 1.29 is 14.0 Å². The second-order valence-corrected chi connectivity index (χ2v) is 5.57. The summed E-state index contributed by atoms with van der Waals surface area (Å²) >= 11 is 0. The number of nitriles is 1. The van der Waals surface area contributed by atoms with Gasteiger partial charge in [-0.3, -0.25) is 9.69 Å². The molecule has 0 saturated carbocycles. The van der Waals surface area contributed by atoms with Crippen LogP contribution in [0.2, 0.25) is 0 Å². The van der Waals surface area contributed by atoms with Crippen LogP contribution in [0.5, 0.6) is 0 Å². The number of benzene rings is 2. The zero-order valence-corrected chi connectivity index (χ0v) is 13.3. The van der Waals surface area contributed by atoms with E-state index in [1.54, 1.807) is 24.3 Å². The summed E-state index contributed by atoms with van der Waals surface area (Å²) in [6.45, 7) is 0.747. The van der Waals surface area contributed by atoms with E-state index in [0.717, 1.165) is 0 Å². The number of hydrogen-bond acceptors (Lipinski definition) is 3. The normalized spacial score (nSPS) is 13.7. The van der Waals surface area contributed by atoms with Gasteiger partial charge in [-0.15, -0.1) is 0 Å². The van der Waals surface area contributed by atoms with Gasteiger partial charge in [-0.1, -0.05) is 6.07 Å². The predicted octanol–water partition coefficient (Wildman–Crippen LogP) is 2.58. The van der Waals surface area contributed by atoms with Crippen LogP contribution in [0.15, 0.2) is 48.5 Å². The van der Waals surface area contributed by atoms with Crippen LogP contribution in [0.3, 0.4) is 0 Å². The standard InChI is InChI=1S/C18H15FN4O2/c19-14-4-6-16(7-5-14)23-9-8-22(18(23)25)12-17(24)21-15-3-1-2-13(10-15)11-20/h1-7,10H,8-9,12H2,(H,21,24). The van der Waals surface area contributed by atoms with Crippen LogP contribution in [0.1, 0.15) is 5.56 Å². The van der Waals surface area contributed by atoms with E-state index in [4.69, 9.17) is 5.26 Å². The molecule has 0 atom stereocenters. The zero-order chi connectivity index (χ0) is 17.8. The van der Waals surface area contributed by atoms with Gasteiger partial charge in [-0.2, -0.15) is 5.26 Å². The lowest BCUT2D eigenvalue weighted by Crippen LogP contribution is -2.37. The van der Waals surface area contributed by atoms with E-state index in [1.807, 2.05) is 6.07 Å². The van der Waals surface area contributed by atoms with Gasteiger partial charge in [0.2, 0.25) is 5.91 Å². The minimum absolute atomic E-state index is 0.0900. The van der Waals surface area contributed by atoms with E-state index in [9.17, 15) is 14.0 Å². The average molecular weight is 338 g/mol. The van der Waals surface area contributed by atoms with Crippen molar-refractivity contribution in [2.45, 2.75) is 0 Å². The molecule has 0 bridgehead atoms. The Kier molecular flexibility index (Phi) is 4.61. The van der Waals surface area contributed by atoms with Crippen molar-refractivity contribution in [2.75, 3.05) is 29.9 Å². The van der Waals surface area contributed by atoms with E-state index in [0.29, 0.717) is 30.0 Å². The van der Waals surface area contributed by atoms with Crippen LogP contribution in [-0.2, 0) is 4.79 Å². The Bertz CT molecular complexity index is 845. The van der Waals surface area contributed by atoms with Crippen LogP contribution in [0.25, 0.3) is 0 Å². The Labute approximate surface area is 144 Å². The number of carbonyl (C=O) groups excluding carboxylic acids is 2. The van der Waals surface area contributed by atoms with Crippen LogP contribution in [0.4, 0.5) is 20.6 Å². The number of amides is 3. The lowest BCUT2D eigenvalue weighted by molar-refractivity contribution is -0.116. The van der Waals surface area contributed by atoms with E-state index in [-0.39, 0.29) is 24.3 Å². The van der Waals surface area contributed by atoms with Crippen molar-refractivity contribution in [3.05, 3.63) is 59.9 Å². The summed E-state index contributed by atoms with van der Waals surface area (Å²) in [7, 11) is 0. The topological polar surface area (TPSA) is 76.4 Å². The van der Waals surface area contributed by atoms with Crippen molar-refractivity contribution in [1.82, 2.24) is 4.90 Å². The van der Waals surface area contributed by atoms with Crippen molar-refractivity contribution in [3.63, 3.8) is 0 Å². The highest BCUT2D eigenvalue weighted by Gasteiger charge is 2.30. The summed E-state index contributed by atoms with van der Waals surface area (Å²) in [5.74, 6) is -0.712. The van der Waals surface area contributed by atoms with Gasteiger partial charge in [0.15, 0.2) is 0 Å². The van der Waals surface area contributed by atoms with Gasteiger partial charge in [0.05, 0.1) is 11.6 Å². The first-order valence-electron chi connectivity index (χ1n) is 7.69. The number of hydrogen-bond donors (Lipinski definition) is 1. The minimum atomic E-state index is -0.369. The first-order valence-corrected chi connectivity index (χ1v) is 7.69. The van der Waals surface area contributed by atoms with Gasteiger partial charge >= 0.3 is 6.03 Å². The largest absolute Gasteiger partial charge is 0.325 e. The third-order valence-electron chi connectivity index (χ3n) is 3.84. The van der Waals surface area contributed by atoms with E-state index in [1.165, 1.54) is 34.1 Å². The maximum atomic E-state index is 13.0. The molecule has 1 heterocycles. The van der Waals surface area contributed by atoms with Gasteiger partial charge in [-0.05, 0) is 42.5 Å². The summed E-state index contributed by atoms with van der Waals surface area (Å²) in [5, 5.41) is 11.5. The number of rotatable bonds is 4. The van der Waals surface area contributed by atoms with Crippen molar-refractivity contribution >= 4 is 23.3 Å². The van der Waals surface area contributed by atoms with Crippen LogP contribution >= 0.6 is 0 Å². The molecule has 1 aliphatic rings. The SMILES string of the molecule is N#Cc1cccc(NC(=O)CN2CCN(c3ccc(F)cc3)C2=O)c1. The van der Waals surface area contributed by atoms with Gasteiger partial charge in [0, 0.05) is 24.5 Å². The number of carbonyl (C=O) groups is 2. The minimum Gasteiger partial charge on any atom is -0.325 e. The van der Waals surface area contributed by atoms with Gasteiger partial charge in [0.25, 0.3) is 0 Å². The molecule has 25 heavy (non-hydrogen) atoms. The molecule has 1 fully saturated rings. The molecule has 0 unspecified atom stereocenters.